The van der Waals surface area contributed by atoms with Crippen LogP contribution >= 0.6 is 15.9 Å². The van der Waals surface area contributed by atoms with Crippen molar-refractivity contribution in [3.05, 3.63) is 62.2 Å². The first-order valence-corrected chi connectivity index (χ1v) is 6.76. The maximum Gasteiger partial charge on any atom is 0.267 e. The van der Waals surface area contributed by atoms with Gasteiger partial charge in [0, 0.05) is 18.7 Å². The molecule has 92 valence electrons. The van der Waals surface area contributed by atoms with E-state index in [0.29, 0.717) is 16.9 Å². The number of benzene rings is 1. The molecule has 0 fully saturated rings. The molecule has 1 aliphatic carbocycles. The van der Waals surface area contributed by atoms with Gasteiger partial charge in [-0.15, -0.1) is 0 Å². The summed E-state index contributed by atoms with van der Waals surface area (Å²) < 4.78 is 2.28. The van der Waals surface area contributed by atoms with Gasteiger partial charge in [0.2, 0.25) is 0 Å². The summed E-state index contributed by atoms with van der Waals surface area (Å²) in [7, 11) is 0. The molecule has 0 aliphatic heterocycles. The lowest BCUT2D eigenvalue weighted by molar-refractivity contribution is 0.484. The van der Waals surface area contributed by atoms with E-state index in [1.165, 1.54) is 11.1 Å². The van der Waals surface area contributed by atoms with Crippen LogP contribution in [0.15, 0.2) is 39.7 Å². The van der Waals surface area contributed by atoms with Crippen molar-refractivity contribution in [1.82, 2.24) is 9.55 Å². The summed E-state index contributed by atoms with van der Waals surface area (Å²) in [5.74, 6) is 1.21. The highest BCUT2D eigenvalue weighted by Gasteiger charge is 2.26. The molecule has 1 unspecified atom stereocenters. The minimum Gasteiger partial charge on any atom is -0.295 e. The van der Waals surface area contributed by atoms with Crippen LogP contribution in [0.25, 0.3) is 0 Å². The van der Waals surface area contributed by atoms with Crippen LogP contribution in [-0.4, -0.2) is 9.55 Å². The number of nitrogens with zero attached hydrogens (tertiary/aromatic N) is 2. The molecule has 1 aliphatic rings. The van der Waals surface area contributed by atoms with Crippen molar-refractivity contribution in [2.75, 3.05) is 0 Å². The predicted molar refractivity (Wildman–Crippen MR) is 73.8 cm³/mol. The van der Waals surface area contributed by atoms with Gasteiger partial charge in [0.1, 0.15) is 10.3 Å². The average molecular weight is 305 g/mol. The van der Waals surface area contributed by atoms with E-state index < -0.39 is 0 Å². The van der Waals surface area contributed by atoms with Gasteiger partial charge >= 0.3 is 0 Å². The zero-order chi connectivity index (χ0) is 12.7. The van der Waals surface area contributed by atoms with Crippen molar-refractivity contribution in [1.29, 1.82) is 0 Å². The monoisotopic (exact) mass is 304 g/mol. The van der Waals surface area contributed by atoms with Crippen molar-refractivity contribution in [2.45, 2.75) is 25.8 Å². The maximum atomic E-state index is 12.1. The fourth-order valence-electron chi connectivity index (χ4n) is 2.51. The third kappa shape index (κ3) is 1.81. The smallest absolute Gasteiger partial charge is 0.267 e. The van der Waals surface area contributed by atoms with E-state index in [2.05, 4.69) is 45.2 Å². The molecule has 0 bridgehead atoms. The van der Waals surface area contributed by atoms with E-state index in [4.69, 9.17) is 0 Å². The molecule has 18 heavy (non-hydrogen) atoms. The molecule has 4 heteroatoms. The van der Waals surface area contributed by atoms with Gasteiger partial charge in [0.15, 0.2) is 0 Å². The molecule has 1 atom stereocenters. The molecule has 1 heterocycles. The minimum absolute atomic E-state index is 0.00637. The average Bonchev–Trinajstić information content (AvgIpc) is 2.35. The van der Waals surface area contributed by atoms with E-state index in [-0.39, 0.29) is 5.56 Å². The van der Waals surface area contributed by atoms with Gasteiger partial charge in [0.05, 0.1) is 0 Å². The molecular formula is C14H13BrN2O. The number of fused-ring (bicyclic) bond motifs is 1. The summed E-state index contributed by atoms with van der Waals surface area (Å²) in [5, 5.41) is 0. The van der Waals surface area contributed by atoms with Gasteiger partial charge in [-0.1, -0.05) is 24.3 Å². The SMILES string of the molecule is Cc1ncc(Br)c(=O)n1CC1Cc2ccccc21. The van der Waals surface area contributed by atoms with Gasteiger partial charge in [-0.05, 0) is 40.4 Å². The normalized spacial score (nSPS) is 17.1. The highest BCUT2D eigenvalue weighted by molar-refractivity contribution is 9.10. The summed E-state index contributed by atoms with van der Waals surface area (Å²) >= 11 is 3.25. The summed E-state index contributed by atoms with van der Waals surface area (Å²) in [4.78, 5) is 16.3. The van der Waals surface area contributed by atoms with Crippen LogP contribution in [0.1, 0.15) is 22.9 Å². The Labute approximate surface area is 114 Å². The Morgan fingerprint density at radius 1 is 1.44 bits per heavy atom. The molecule has 0 spiro atoms. The second-order valence-corrected chi connectivity index (χ2v) is 5.52. The fraction of sp³-hybridized carbons (Fsp3) is 0.286. The number of aromatic nitrogens is 2. The number of hydrogen-bond donors (Lipinski definition) is 0. The Bertz CT molecular complexity index is 663. The molecule has 2 aromatic rings. The van der Waals surface area contributed by atoms with E-state index in [1.54, 1.807) is 10.8 Å². The number of rotatable bonds is 2. The van der Waals surface area contributed by atoms with E-state index in [0.717, 1.165) is 12.2 Å². The minimum atomic E-state index is 0.00637. The van der Waals surface area contributed by atoms with Crippen LogP contribution in [0.2, 0.25) is 0 Å². The molecule has 0 saturated heterocycles. The summed E-state index contributed by atoms with van der Waals surface area (Å²) in [6, 6.07) is 8.42. The third-order valence-electron chi connectivity index (χ3n) is 3.57. The van der Waals surface area contributed by atoms with Gasteiger partial charge < -0.3 is 0 Å². The second-order valence-electron chi connectivity index (χ2n) is 4.67. The number of halogens is 1. The first-order valence-electron chi connectivity index (χ1n) is 5.96. The van der Waals surface area contributed by atoms with Crippen molar-refractivity contribution in [3.8, 4) is 0 Å². The zero-order valence-electron chi connectivity index (χ0n) is 10.1. The summed E-state index contributed by atoms with van der Waals surface area (Å²) in [6.07, 6.45) is 2.62. The molecule has 3 nitrogen and oxygen atoms in total. The van der Waals surface area contributed by atoms with Crippen LogP contribution in [0.3, 0.4) is 0 Å². The predicted octanol–water partition coefficient (Wildman–Crippen LogP) is 2.65. The second kappa shape index (κ2) is 4.35. The first-order chi connectivity index (χ1) is 8.66. The largest absolute Gasteiger partial charge is 0.295 e. The van der Waals surface area contributed by atoms with Crippen LogP contribution < -0.4 is 5.56 Å². The Morgan fingerprint density at radius 2 is 2.22 bits per heavy atom. The third-order valence-corrected chi connectivity index (χ3v) is 4.11. The van der Waals surface area contributed by atoms with Gasteiger partial charge in [-0.2, -0.15) is 0 Å². The topological polar surface area (TPSA) is 34.9 Å². The van der Waals surface area contributed by atoms with Crippen molar-refractivity contribution in [2.24, 2.45) is 0 Å². The zero-order valence-corrected chi connectivity index (χ0v) is 11.6. The standard InChI is InChI=1S/C14H13BrN2O/c1-9-16-7-13(15)14(18)17(9)8-11-6-10-4-2-3-5-12(10)11/h2-5,7,11H,6,8H2,1H3. The Balaban J connectivity index is 1.92. The van der Waals surface area contributed by atoms with Crippen LogP contribution in [-0.2, 0) is 13.0 Å². The van der Waals surface area contributed by atoms with E-state index in [9.17, 15) is 4.79 Å². The van der Waals surface area contributed by atoms with Gasteiger partial charge in [0.25, 0.3) is 5.56 Å². The Morgan fingerprint density at radius 3 is 3.00 bits per heavy atom. The molecule has 0 radical (unpaired) electrons. The first kappa shape index (κ1) is 11.7. The van der Waals surface area contributed by atoms with Crippen LogP contribution in [0.5, 0.6) is 0 Å². The molecular weight excluding hydrogens is 292 g/mol. The fourth-order valence-corrected chi connectivity index (χ4v) is 2.83. The molecule has 1 aromatic carbocycles. The van der Waals surface area contributed by atoms with Crippen molar-refractivity contribution >= 4 is 15.9 Å². The Kier molecular flexibility index (Phi) is 2.82. The number of aryl methyl sites for hydroxylation is 1. The van der Waals surface area contributed by atoms with Crippen LogP contribution in [0, 0.1) is 6.92 Å². The molecule has 0 saturated carbocycles. The Hall–Kier alpha value is -1.42. The lowest BCUT2D eigenvalue weighted by Gasteiger charge is -2.30. The highest BCUT2D eigenvalue weighted by Crippen LogP contribution is 2.35. The molecule has 3 rings (SSSR count). The van der Waals surface area contributed by atoms with Gasteiger partial charge in [-0.25, -0.2) is 4.98 Å². The van der Waals surface area contributed by atoms with Crippen molar-refractivity contribution < 1.29 is 0 Å². The quantitative estimate of drug-likeness (QED) is 0.855. The lowest BCUT2D eigenvalue weighted by atomic mass is 9.77. The van der Waals surface area contributed by atoms with E-state index in [1.807, 2.05) is 6.92 Å². The maximum absolute atomic E-state index is 12.1. The highest BCUT2D eigenvalue weighted by atomic mass is 79.9. The van der Waals surface area contributed by atoms with Gasteiger partial charge in [-0.3, -0.25) is 9.36 Å². The lowest BCUT2D eigenvalue weighted by Crippen LogP contribution is -2.30. The van der Waals surface area contributed by atoms with Crippen molar-refractivity contribution in [3.63, 3.8) is 0 Å². The summed E-state index contributed by atoms with van der Waals surface area (Å²) in [6.45, 7) is 2.59. The summed E-state index contributed by atoms with van der Waals surface area (Å²) in [5.41, 5.74) is 2.77. The van der Waals surface area contributed by atoms with E-state index >= 15 is 0 Å². The molecule has 0 amide bonds. The molecule has 1 aromatic heterocycles. The number of hydrogen-bond acceptors (Lipinski definition) is 2. The van der Waals surface area contributed by atoms with Crippen LogP contribution in [0.4, 0.5) is 0 Å². The molecule has 0 N–H and O–H groups in total.